The Morgan fingerprint density at radius 2 is 2.06 bits per heavy atom. The maximum Gasteiger partial charge on any atom is 0.509 e. The van der Waals surface area contributed by atoms with Gasteiger partial charge in [-0.15, -0.1) is 6.58 Å². The van der Waals surface area contributed by atoms with Crippen LogP contribution in [0.25, 0.3) is 0 Å². The number of rotatable bonds is 4. The zero-order valence-electron chi connectivity index (χ0n) is 9.36. The molecule has 0 atom stereocenters. The average Bonchev–Trinajstić information content (AvgIpc) is 2.70. The van der Waals surface area contributed by atoms with Gasteiger partial charge in [-0.2, -0.15) is 0 Å². The molecular weight excluding hydrogens is 208 g/mol. The van der Waals surface area contributed by atoms with Gasteiger partial charge in [0.15, 0.2) is 11.5 Å². The Kier molecular flexibility index (Phi) is 2.85. The SMILES string of the molecule is C=CCc1cccc2c1OC(OC)(OC)O2. The van der Waals surface area contributed by atoms with Gasteiger partial charge in [-0.05, 0) is 12.5 Å². The summed E-state index contributed by atoms with van der Waals surface area (Å²) in [5.74, 6) is 1.26. The van der Waals surface area contributed by atoms with Gasteiger partial charge in [0.25, 0.3) is 0 Å². The first-order chi connectivity index (χ1) is 7.74. The molecule has 1 aromatic carbocycles. The van der Waals surface area contributed by atoms with Crippen LogP contribution in [0.2, 0.25) is 0 Å². The lowest BCUT2D eigenvalue weighted by molar-refractivity contribution is -0.408. The van der Waals surface area contributed by atoms with E-state index in [1.165, 1.54) is 14.2 Å². The van der Waals surface area contributed by atoms with Crippen LogP contribution in [-0.4, -0.2) is 20.4 Å². The molecule has 16 heavy (non-hydrogen) atoms. The minimum atomic E-state index is -1.46. The van der Waals surface area contributed by atoms with E-state index >= 15 is 0 Å². The Morgan fingerprint density at radius 1 is 1.31 bits per heavy atom. The number of benzene rings is 1. The van der Waals surface area contributed by atoms with E-state index in [1.54, 1.807) is 6.08 Å². The average molecular weight is 222 g/mol. The van der Waals surface area contributed by atoms with E-state index in [9.17, 15) is 0 Å². The summed E-state index contributed by atoms with van der Waals surface area (Å²) in [4.78, 5) is 0. The van der Waals surface area contributed by atoms with Crippen LogP contribution in [0.4, 0.5) is 0 Å². The van der Waals surface area contributed by atoms with Crippen molar-refractivity contribution in [2.45, 2.75) is 12.6 Å². The molecule has 4 heteroatoms. The fraction of sp³-hybridized carbons (Fsp3) is 0.333. The summed E-state index contributed by atoms with van der Waals surface area (Å²) in [5, 5.41) is 0. The second-order valence-corrected chi connectivity index (χ2v) is 3.35. The maximum absolute atomic E-state index is 5.56. The third-order valence-corrected chi connectivity index (χ3v) is 2.39. The Hall–Kier alpha value is -1.52. The molecule has 0 saturated carbocycles. The Balaban J connectivity index is 2.36. The quantitative estimate of drug-likeness (QED) is 0.577. The van der Waals surface area contributed by atoms with Crippen molar-refractivity contribution in [1.29, 1.82) is 0 Å². The van der Waals surface area contributed by atoms with Gasteiger partial charge >= 0.3 is 6.16 Å². The number of hydrogen-bond acceptors (Lipinski definition) is 4. The minimum absolute atomic E-state index is 0.614. The van der Waals surface area contributed by atoms with Gasteiger partial charge in [0, 0.05) is 19.8 Å². The zero-order chi connectivity index (χ0) is 11.6. The Labute approximate surface area is 94.4 Å². The van der Waals surface area contributed by atoms with E-state index in [1.807, 2.05) is 18.2 Å². The molecule has 86 valence electrons. The van der Waals surface area contributed by atoms with Crippen LogP contribution < -0.4 is 9.47 Å². The van der Waals surface area contributed by atoms with Crippen molar-refractivity contribution in [3.8, 4) is 11.5 Å². The minimum Gasteiger partial charge on any atom is -0.403 e. The fourth-order valence-corrected chi connectivity index (χ4v) is 1.60. The molecular formula is C12H14O4. The zero-order valence-corrected chi connectivity index (χ0v) is 9.36. The van der Waals surface area contributed by atoms with Crippen LogP contribution in [0.3, 0.4) is 0 Å². The summed E-state index contributed by atoms with van der Waals surface area (Å²) in [6.07, 6.45) is 1.05. The van der Waals surface area contributed by atoms with Crippen molar-refractivity contribution in [2.75, 3.05) is 14.2 Å². The Morgan fingerprint density at radius 3 is 2.69 bits per heavy atom. The van der Waals surface area contributed by atoms with Gasteiger partial charge in [0.05, 0.1) is 0 Å². The van der Waals surface area contributed by atoms with E-state index in [4.69, 9.17) is 18.9 Å². The third-order valence-electron chi connectivity index (χ3n) is 2.39. The molecule has 0 radical (unpaired) electrons. The third kappa shape index (κ3) is 1.66. The van der Waals surface area contributed by atoms with Crippen LogP contribution in [-0.2, 0) is 15.9 Å². The lowest BCUT2D eigenvalue weighted by Gasteiger charge is -2.21. The summed E-state index contributed by atoms with van der Waals surface area (Å²) in [5.41, 5.74) is 0.989. The van der Waals surface area contributed by atoms with E-state index in [-0.39, 0.29) is 0 Å². The largest absolute Gasteiger partial charge is 0.509 e. The van der Waals surface area contributed by atoms with Gasteiger partial charge < -0.3 is 9.47 Å². The lowest BCUT2D eigenvalue weighted by Crippen LogP contribution is -2.42. The topological polar surface area (TPSA) is 36.9 Å². The molecule has 0 bridgehead atoms. The first-order valence-electron chi connectivity index (χ1n) is 4.96. The van der Waals surface area contributed by atoms with Crippen LogP contribution >= 0.6 is 0 Å². The van der Waals surface area contributed by atoms with E-state index in [2.05, 4.69) is 6.58 Å². The molecule has 0 unspecified atom stereocenters. The van der Waals surface area contributed by atoms with Crippen LogP contribution in [0.5, 0.6) is 11.5 Å². The van der Waals surface area contributed by atoms with Crippen molar-refractivity contribution in [3.63, 3.8) is 0 Å². The highest BCUT2D eigenvalue weighted by Crippen LogP contribution is 2.42. The second-order valence-electron chi connectivity index (χ2n) is 3.35. The smallest absolute Gasteiger partial charge is 0.403 e. The highest BCUT2D eigenvalue weighted by Gasteiger charge is 2.44. The number of hydrogen-bond donors (Lipinski definition) is 0. The van der Waals surface area contributed by atoms with Crippen molar-refractivity contribution in [3.05, 3.63) is 36.4 Å². The van der Waals surface area contributed by atoms with Crippen molar-refractivity contribution in [1.82, 2.24) is 0 Å². The standard InChI is InChI=1S/C12H14O4/c1-4-6-9-7-5-8-10-11(9)16-12(13-2,14-3)15-10/h4-5,7-8H,1,6H2,2-3H3. The molecule has 0 saturated heterocycles. The van der Waals surface area contributed by atoms with Crippen LogP contribution in [0.15, 0.2) is 30.9 Å². The molecule has 0 N–H and O–H groups in total. The predicted molar refractivity (Wildman–Crippen MR) is 58.3 cm³/mol. The molecule has 1 aliphatic rings. The molecule has 0 aliphatic carbocycles. The van der Waals surface area contributed by atoms with Gasteiger partial charge in [-0.1, -0.05) is 18.2 Å². The van der Waals surface area contributed by atoms with Gasteiger partial charge in [-0.25, -0.2) is 0 Å². The molecule has 1 heterocycles. The van der Waals surface area contributed by atoms with Crippen LogP contribution in [0.1, 0.15) is 5.56 Å². The molecule has 0 aromatic heterocycles. The van der Waals surface area contributed by atoms with Crippen molar-refractivity contribution < 1.29 is 18.9 Å². The Bertz CT molecular complexity index is 396. The molecule has 1 aromatic rings. The van der Waals surface area contributed by atoms with E-state index < -0.39 is 6.16 Å². The van der Waals surface area contributed by atoms with E-state index in [0.29, 0.717) is 17.9 Å². The highest BCUT2D eigenvalue weighted by atomic mass is 17.0. The normalized spacial score (nSPS) is 16.1. The summed E-state index contributed by atoms with van der Waals surface area (Å²) in [6, 6.07) is 5.65. The number of para-hydroxylation sites is 1. The molecule has 0 amide bonds. The van der Waals surface area contributed by atoms with Crippen LogP contribution in [0, 0.1) is 0 Å². The summed E-state index contributed by atoms with van der Waals surface area (Å²) in [6.45, 7) is 3.70. The summed E-state index contributed by atoms with van der Waals surface area (Å²) in [7, 11) is 2.92. The molecule has 4 nitrogen and oxygen atoms in total. The molecule has 0 spiro atoms. The number of methoxy groups -OCH3 is 2. The fourth-order valence-electron chi connectivity index (χ4n) is 1.60. The summed E-state index contributed by atoms with van der Waals surface area (Å²) >= 11 is 0. The van der Waals surface area contributed by atoms with Crippen molar-refractivity contribution >= 4 is 0 Å². The first kappa shape index (κ1) is 11.0. The highest BCUT2D eigenvalue weighted by molar-refractivity contribution is 5.49. The van der Waals surface area contributed by atoms with Gasteiger partial charge in [0.1, 0.15) is 0 Å². The maximum atomic E-state index is 5.56. The number of ether oxygens (including phenoxy) is 4. The van der Waals surface area contributed by atoms with Crippen molar-refractivity contribution in [2.24, 2.45) is 0 Å². The summed E-state index contributed by atoms with van der Waals surface area (Å²) < 4.78 is 21.2. The predicted octanol–water partition coefficient (Wildman–Crippen LogP) is 2.09. The molecule has 1 aliphatic heterocycles. The van der Waals surface area contributed by atoms with Gasteiger partial charge in [-0.3, -0.25) is 9.47 Å². The monoisotopic (exact) mass is 222 g/mol. The molecule has 2 rings (SSSR count). The number of fused-ring (bicyclic) bond motifs is 1. The number of allylic oxidation sites excluding steroid dienone is 1. The molecule has 0 fully saturated rings. The van der Waals surface area contributed by atoms with E-state index in [0.717, 1.165) is 5.56 Å². The lowest BCUT2D eigenvalue weighted by atomic mass is 10.1. The first-order valence-corrected chi connectivity index (χ1v) is 4.96. The second kappa shape index (κ2) is 4.15. The van der Waals surface area contributed by atoms with Gasteiger partial charge in [0.2, 0.25) is 0 Å².